The molecule has 20 heavy (non-hydrogen) atoms. The van der Waals surface area contributed by atoms with Gasteiger partial charge in [0, 0.05) is 30.6 Å². The Labute approximate surface area is 125 Å². The summed E-state index contributed by atoms with van der Waals surface area (Å²) in [5.41, 5.74) is 1.07. The standard InChI is InChI=1S/C13H17BrN4O2/c1-9-10(18(19)20)6-16-12(11(9)14)17-5-3-13(8-17)2-4-15-7-13/h6,15H,2-5,7-8H2,1H3. The molecule has 7 heteroatoms. The maximum atomic E-state index is 10.9. The Morgan fingerprint density at radius 3 is 3.00 bits per heavy atom. The van der Waals surface area contributed by atoms with Gasteiger partial charge in [0.15, 0.2) is 0 Å². The molecule has 0 radical (unpaired) electrons. The van der Waals surface area contributed by atoms with E-state index in [1.165, 1.54) is 12.6 Å². The van der Waals surface area contributed by atoms with Crippen LogP contribution in [0.25, 0.3) is 0 Å². The molecule has 0 aliphatic carbocycles. The average Bonchev–Trinajstić information content (AvgIpc) is 3.03. The predicted molar refractivity (Wildman–Crippen MR) is 80.1 cm³/mol. The molecule has 0 saturated carbocycles. The highest BCUT2D eigenvalue weighted by atomic mass is 79.9. The Bertz CT molecular complexity index is 558. The van der Waals surface area contributed by atoms with Gasteiger partial charge in [0.25, 0.3) is 5.69 Å². The highest BCUT2D eigenvalue weighted by molar-refractivity contribution is 9.10. The lowest BCUT2D eigenvalue weighted by molar-refractivity contribution is -0.385. The second kappa shape index (κ2) is 4.96. The highest BCUT2D eigenvalue weighted by Crippen LogP contribution is 2.41. The van der Waals surface area contributed by atoms with Crippen LogP contribution in [0.15, 0.2) is 10.7 Å². The van der Waals surface area contributed by atoms with Crippen molar-refractivity contribution in [3.8, 4) is 0 Å². The third kappa shape index (κ3) is 2.18. The number of rotatable bonds is 2. The maximum absolute atomic E-state index is 10.9. The second-order valence-electron chi connectivity index (χ2n) is 5.76. The van der Waals surface area contributed by atoms with Crippen LogP contribution < -0.4 is 10.2 Å². The van der Waals surface area contributed by atoms with E-state index in [2.05, 4.69) is 31.1 Å². The molecule has 1 aromatic heterocycles. The van der Waals surface area contributed by atoms with Gasteiger partial charge < -0.3 is 10.2 Å². The third-order valence-corrected chi connectivity index (χ3v) is 5.43. The van der Waals surface area contributed by atoms with Gasteiger partial charge in [-0.25, -0.2) is 4.98 Å². The van der Waals surface area contributed by atoms with Gasteiger partial charge in [-0.3, -0.25) is 10.1 Å². The fraction of sp³-hybridized carbons (Fsp3) is 0.615. The number of nitrogens with zero attached hydrogens (tertiary/aromatic N) is 3. The van der Waals surface area contributed by atoms with Crippen LogP contribution in [0.1, 0.15) is 18.4 Å². The van der Waals surface area contributed by atoms with E-state index in [1.807, 2.05) is 0 Å². The number of hydrogen-bond donors (Lipinski definition) is 1. The summed E-state index contributed by atoms with van der Waals surface area (Å²) >= 11 is 3.48. The molecule has 2 fully saturated rings. The van der Waals surface area contributed by atoms with Crippen molar-refractivity contribution in [2.75, 3.05) is 31.1 Å². The molecular weight excluding hydrogens is 324 g/mol. The number of anilines is 1. The fourth-order valence-corrected chi connectivity index (χ4v) is 3.78. The van der Waals surface area contributed by atoms with Crippen LogP contribution in [0.3, 0.4) is 0 Å². The Hall–Kier alpha value is -1.21. The first-order chi connectivity index (χ1) is 9.52. The van der Waals surface area contributed by atoms with E-state index in [0.29, 0.717) is 11.0 Å². The Morgan fingerprint density at radius 1 is 1.55 bits per heavy atom. The molecule has 1 N–H and O–H groups in total. The van der Waals surface area contributed by atoms with Gasteiger partial charge in [0.05, 0.1) is 9.40 Å². The number of nitrogens with one attached hydrogen (secondary N) is 1. The van der Waals surface area contributed by atoms with Gasteiger partial charge >= 0.3 is 0 Å². The molecule has 3 heterocycles. The van der Waals surface area contributed by atoms with E-state index >= 15 is 0 Å². The third-order valence-electron chi connectivity index (χ3n) is 4.49. The van der Waals surface area contributed by atoms with Crippen LogP contribution in [0.4, 0.5) is 11.5 Å². The molecule has 1 unspecified atom stereocenters. The van der Waals surface area contributed by atoms with E-state index in [4.69, 9.17) is 0 Å². The van der Waals surface area contributed by atoms with Crippen molar-refractivity contribution in [1.82, 2.24) is 10.3 Å². The molecule has 2 saturated heterocycles. The lowest BCUT2D eigenvalue weighted by atomic mass is 9.87. The van der Waals surface area contributed by atoms with E-state index in [1.54, 1.807) is 6.92 Å². The molecule has 108 valence electrons. The van der Waals surface area contributed by atoms with Crippen molar-refractivity contribution < 1.29 is 4.92 Å². The van der Waals surface area contributed by atoms with Crippen molar-refractivity contribution in [3.63, 3.8) is 0 Å². The number of nitro groups is 1. The molecule has 1 aromatic rings. The lowest BCUT2D eigenvalue weighted by Crippen LogP contribution is -2.29. The van der Waals surface area contributed by atoms with Crippen LogP contribution in [0, 0.1) is 22.5 Å². The number of hydrogen-bond acceptors (Lipinski definition) is 5. The minimum absolute atomic E-state index is 0.0667. The van der Waals surface area contributed by atoms with Crippen LogP contribution in [0.2, 0.25) is 0 Å². The molecule has 2 aliphatic heterocycles. The molecule has 1 spiro atoms. The Balaban J connectivity index is 1.88. The molecule has 0 aromatic carbocycles. The number of aromatic nitrogens is 1. The molecule has 0 amide bonds. The Morgan fingerprint density at radius 2 is 2.35 bits per heavy atom. The van der Waals surface area contributed by atoms with E-state index in [-0.39, 0.29) is 10.6 Å². The first-order valence-corrected chi connectivity index (χ1v) is 7.57. The first-order valence-electron chi connectivity index (χ1n) is 6.78. The van der Waals surface area contributed by atoms with Crippen molar-refractivity contribution in [1.29, 1.82) is 0 Å². The van der Waals surface area contributed by atoms with Gasteiger partial charge in [-0.2, -0.15) is 0 Å². The lowest BCUT2D eigenvalue weighted by Gasteiger charge is -2.24. The van der Waals surface area contributed by atoms with Gasteiger partial charge in [0.1, 0.15) is 12.0 Å². The minimum atomic E-state index is -0.386. The molecule has 0 bridgehead atoms. The smallest absolute Gasteiger partial charge is 0.291 e. The largest absolute Gasteiger partial charge is 0.355 e. The van der Waals surface area contributed by atoms with Crippen LogP contribution in [-0.2, 0) is 0 Å². The first kappa shape index (κ1) is 13.8. The number of pyridine rings is 1. The molecular formula is C13H17BrN4O2. The summed E-state index contributed by atoms with van der Waals surface area (Å²) in [5, 5.41) is 14.4. The van der Waals surface area contributed by atoms with Crippen LogP contribution in [-0.4, -0.2) is 36.1 Å². The van der Waals surface area contributed by atoms with Crippen LogP contribution >= 0.6 is 15.9 Å². The summed E-state index contributed by atoms with van der Waals surface area (Å²) in [4.78, 5) is 17.1. The molecule has 6 nitrogen and oxygen atoms in total. The van der Waals surface area contributed by atoms with Crippen molar-refractivity contribution in [2.24, 2.45) is 5.41 Å². The zero-order valence-electron chi connectivity index (χ0n) is 11.4. The SMILES string of the molecule is Cc1c([N+](=O)[O-])cnc(N2CCC3(CCNC3)C2)c1Br. The minimum Gasteiger partial charge on any atom is -0.355 e. The average molecular weight is 341 g/mol. The second-order valence-corrected chi connectivity index (χ2v) is 6.55. The van der Waals surface area contributed by atoms with Crippen molar-refractivity contribution >= 4 is 27.4 Å². The zero-order chi connectivity index (χ0) is 14.3. The van der Waals surface area contributed by atoms with Gasteiger partial charge in [-0.1, -0.05) is 0 Å². The normalized spacial score (nSPS) is 25.6. The predicted octanol–water partition coefficient (Wildman–Crippen LogP) is 2.25. The fourth-order valence-electron chi connectivity index (χ4n) is 3.22. The molecule has 2 aliphatic rings. The maximum Gasteiger partial charge on any atom is 0.291 e. The van der Waals surface area contributed by atoms with E-state index in [0.717, 1.165) is 42.9 Å². The van der Waals surface area contributed by atoms with Gasteiger partial charge in [-0.15, -0.1) is 0 Å². The van der Waals surface area contributed by atoms with Gasteiger partial charge in [-0.05, 0) is 42.2 Å². The van der Waals surface area contributed by atoms with Crippen molar-refractivity contribution in [2.45, 2.75) is 19.8 Å². The summed E-state index contributed by atoms with van der Waals surface area (Å²) in [7, 11) is 0. The summed E-state index contributed by atoms with van der Waals surface area (Å²) in [6.45, 7) is 5.85. The highest BCUT2D eigenvalue weighted by Gasteiger charge is 2.41. The quantitative estimate of drug-likeness (QED) is 0.660. The monoisotopic (exact) mass is 340 g/mol. The van der Waals surface area contributed by atoms with E-state index in [9.17, 15) is 10.1 Å². The summed E-state index contributed by atoms with van der Waals surface area (Å²) < 4.78 is 0.745. The van der Waals surface area contributed by atoms with Crippen molar-refractivity contribution in [3.05, 3.63) is 26.3 Å². The number of halogens is 1. The van der Waals surface area contributed by atoms with Crippen LogP contribution in [0.5, 0.6) is 0 Å². The Kier molecular flexibility index (Phi) is 3.41. The van der Waals surface area contributed by atoms with E-state index < -0.39 is 0 Å². The molecule has 1 atom stereocenters. The zero-order valence-corrected chi connectivity index (χ0v) is 12.9. The summed E-state index contributed by atoms with van der Waals surface area (Å²) in [6, 6.07) is 0. The summed E-state index contributed by atoms with van der Waals surface area (Å²) in [6.07, 6.45) is 3.73. The van der Waals surface area contributed by atoms with Gasteiger partial charge in [0.2, 0.25) is 0 Å². The topological polar surface area (TPSA) is 71.3 Å². The summed E-state index contributed by atoms with van der Waals surface area (Å²) in [5.74, 6) is 0.830. The molecule has 3 rings (SSSR count).